The van der Waals surface area contributed by atoms with Crippen LogP contribution in [0.1, 0.15) is 0 Å². The van der Waals surface area contributed by atoms with E-state index in [1.165, 1.54) is 5.56 Å². The quantitative estimate of drug-likeness (QED) is 0.452. The maximum Gasteiger partial charge on any atom is 0.169 e. The summed E-state index contributed by atoms with van der Waals surface area (Å²) in [4.78, 5) is 6.80. The van der Waals surface area contributed by atoms with Crippen LogP contribution in [0.2, 0.25) is 0 Å². The first-order chi connectivity index (χ1) is 14.2. The topological polar surface area (TPSA) is 37.4 Å². The number of fused-ring (bicyclic) bond motifs is 1. The molecule has 4 aromatic rings. The molecule has 0 spiro atoms. The highest BCUT2D eigenvalue weighted by atomic mass is 16.5. The summed E-state index contributed by atoms with van der Waals surface area (Å²) in [7, 11) is 4.09. The summed E-state index contributed by atoms with van der Waals surface area (Å²) in [5.74, 6) is 0.783. The zero-order valence-corrected chi connectivity index (χ0v) is 16.8. The van der Waals surface area contributed by atoms with Crippen LogP contribution in [0.25, 0.3) is 22.0 Å². The van der Waals surface area contributed by atoms with Crippen LogP contribution < -0.4 is 10.1 Å². The van der Waals surface area contributed by atoms with Gasteiger partial charge in [0.15, 0.2) is 5.75 Å². The first-order valence-corrected chi connectivity index (χ1v) is 9.79. The van der Waals surface area contributed by atoms with Gasteiger partial charge in [-0.3, -0.25) is 4.98 Å². The first-order valence-electron chi connectivity index (χ1n) is 9.79. The third-order valence-corrected chi connectivity index (χ3v) is 4.79. The standard InChI is InChI=1S/C25H25N3O/c1-28(2)17-18-29-25-23(27-20-11-7-4-8-12-20)14-13-22-21(15-16-26-24(22)25)19-9-5-3-6-10-19/h3-16,27H,17-18H2,1-2H3. The molecular formula is C25H25N3O. The second-order valence-corrected chi connectivity index (χ2v) is 7.21. The molecule has 0 aliphatic carbocycles. The second-order valence-electron chi connectivity index (χ2n) is 7.21. The van der Waals surface area contributed by atoms with Gasteiger partial charge in [-0.15, -0.1) is 0 Å². The van der Waals surface area contributed by atoms with Gasteiger partial charge in [0.2, 0.25) is 0 Å². The van der Waals surface area contributed by atoms with E-state index in [2.05, 4.69) is 57.7 Å². The molecule has 0 bridgehead atoms. The van der Waals surface area contributed by atoms with Crippen molar-refractivity contribution in [3.63, 3.8) is 0 Å². The Morgan fingerprint density at radius 3 is 2.31 bits per heavy atom. The Morgan fingerprint density at radius 1 is 0.862 bits per heavy atom. The fraction of sp³-hybridized carbons (Fsp3) is 0.160. The van der Waals surface area contributed by atoms with Gasteiger partial charge in [-0.2, -0.15) is 0 Å². The number of nitrogens with one attached hydrogen (secondary N) is 1. The average molecular weight is 383 g/mol. The van der Waals surface area contributed by atoms with Crippen molar-refractivity contribution in [1.29, 1.82) is 0 Å². The van der Waals surface area contributed by atoms with E-state index in [0.29, 0.717) is 6.61 Å². The first kappa shape index (κ1) is 19.0. The highest BCUT2D eigenvalue weighted by Crippen LogP contribution is 2.38. The van der Waals surface area contributed by atoms with Gasteiger partial charge in [-0.1, -0.05) is 48.5 Å². The Morgan fingerprint density at radius 2 is 1.59 bits per heavy atom. The van der Waals surface area contributed by atoms with Gasteiger partial charge >= 0.3 is 0 Å². The predicted molar refractivity (Wildman–Crippen MR) is 121 cm³/mol. The SMILES string of the molecule is CN(C)CCOc1c(Nc2ccccc2)ccc2c(-c3ccccc3)ccnc12. The Kier molecular flexibility index (Phi) is 5.73. The van der Waals surface area contributed by atoms with Gasteiger partial charge in [-0.25, -0.2) is 0 Å². The van der Waals surface area contributed by atoms with Crippen molar-refractivity contribution in [3.05, 3.63) is 85.1 Å². The summed E-state index contributed by atoms with van der Waals surface area (Å²) in [6, 6.07) is 26.8. The highest BCUT2D eigenvalue weighted by molar-refractivity contribution is 6.00. The summed E-state index contributed by atoms with van der Waals surface area (Å²) >= 11 is 0. The molecular weight excluding hydrogens is 358 g/mol. The third-order valence-electron chi connectivity index (χ3n) is 4.79. The van der Waals surface area contributed by atoms with Gasteiger partial charge in [-0.05, 0) is 55.6 Å². The van der Waals surface area contributed by atoms with Crippen molar-refractivity contribution >= 4 is 22.3 Å². The van der Waals surface area contributed by atoms with Gasteiger partial charge in [0, 0.05) is 23.8 Å². The molecule has 0 fully saturated rings. The van der Waals surface area contributed by atoms with Gasteiger partial charge in [0.05, 0.1) is 5.69 Å². The lowest BCUT2D eigenvalue weighted by Gasteiger charge is -2.18. The zero-order valence-electron chi connectivity index (χ0n) is 16.8. The number of pyridine rings is 1. The van der Waals surface area contributed by atoms with Crippen molar-refractivity contribution in [2.45, 2.75) is 0 Å². The number of para-hydroxylation sites is 1. The van der Waals surface area contributed by atoms with Crippen LogP contribution in [-0.2, 0) is 0 Å². The van der Waals surface area contributed by atoms with Crippen LogP contribution in [0, 0.1) is 0 Å². The van der Waals surface area contributed by atoms with Crippen LogP contribution in [-0.4, -0.2) is 37.1 Å². The van der Waals surface area contributed by atoms with Crippen molar-refractivity contribution in [1.82, 2.24) is 9.88 Å². The maximum atomic E-state index is 6.26. The third kappa shape index (κ3) is 4.39. The molecule has 0 radical (unpaired) electrons. The molecule has 1 aromatic heterocycles. The number of hydrogen-bond donors (Lipinski definition) is 1. The molecule has 0 amide bonds. The summed E-state index contributed by atoms with van der Waals surface area (Å²) in [6.07, 6.45) is 1.86. The molecule has 3 aromatic carbocycles. The monoisotopic (exact) mass is 383 g/mol. The van der Waals surface area contributed by atoms with E-state index in [9.17, 15) is 0 Å². The number of hydrogen-bond acceptors (Lipinski definition) is 4. The lowest BCUT2D eigenvalue weighted by molar-refractivity contribution is 0.264. The van der Waals surface area contributed by atoms with E-state index < -0.39 is 0 Å². The molecule has 1 N–H and O–H groups in total. The minimum atomic E-state index is 0.590. The van der Waals surface area contributed by atoms with Crippen LogP contribution in [0.4, 0.5) is 11.4 Å². The largest absolute Gasteiger partial charge is 0.488 e. The maximum absolute atomic E-state index is 6.26. The van der Waals surface area contributed by atoms with Gasteiger partial charge in [0.1, 0.15) is 12.1 Å². The summed E-state index contributed by atoms with van der Waals surface area (Å²) in [6.45, 7) is 1.42. The molecule has 4 nitrogen and oxygen atoms in total. The lowest BCUT2D eigenvalue weighted by atomic mass is 10.0. The molecule has 146 valence electrons. The minimum absolute atomic E-state index is 0.590. The number of rotatable bonds is 7. The van der Waals surface area contributed by atoms with E-state index in [1.807, 2.05) is 56.7 Å². The van der Waals surface area contributed by atoms with Gasteiger partial charge < -0.3 is 15.0 Å². The van der Waals surface area contributed by atoms with Crippen LogP contribution in [0.5, 0.6) is 5.75 Å². The normalized spacial score (nSPS) is 11.0. The average Bonchev–Trinajstić information content (AvgIpc) is 2.75. The molecule has 1 heterocycles. The Labute approximate surface area is 171 Å². The molecule has 0 unspecified atom stereocenters. The van der Waals surface area contributed by atoms with E-state index in [-0.39, 0.29) is 0 Å². The Balaban J connectivity index is 1.80. The van der Waals surface area contributed by atoms with Crippen LogP contribution >= 0.6 is 0 Å². The molecule has 4 heteroatoms. The summed E-state index contributed by atoms with van der Waals surface area (Å²) < 4.78 is 6.26. The number of anilines is 2. The van der Waals surface area contributed by atoms with Crippen LogP contribution in [0.15, 0.2) is 85.1 Å². The van der Waals surface area contributed by atoms with E-state index in [4.69, 9.17) is 4.74 Å². The Bertz CT molecular complexity index is 1080. The molecule has 4 rings (SSSR count). The highest BCUT2D eigenvalue weighted by Gasteiger charge is 2.14. The van der Waals surface area contributed by atoms with E-state index in [0.717, 1.165) is 40.1 Å². The van der Waals surface area contributed by atoms with E-state index in [1.54, 1.807) is 0 Å². The molecule has 0 atom stereocenters. The molecule has 0 saturated carbocycles. The fourth-order valence-corrected chi connectivity index (χ4v) is 3.31. The molecule has 0 aliphatic rings. The number of ether oxygens (including phenoxy) is 1. The lowest BCUT2D eigenvalue weighted by Crippen LogP contribution is -2.19. The minimum Gasteiger partial charge on any atom is -0.488 e. The van der Waals surface area contributed by atoms with Gasteiger partial charge in [0.25, 0.3) is 0 Å². The number of benzene rings is 3. The van der Waals surface area contributed by atoms with E-state index >= 15 is 0 Å². The smallest absolute Gasteiger partial charge is 0.169 e. The number of likely N-dealkylation sites (N-methyl/N-ethyl adjacent to an activating group) is 1. The molecule has 29 heavy (non-hydrogen) atoms. The second kappa shape index (κ2) is 8.76. The number of nitrogens with zero attached hydrogens (tertiary/aromatic N) is 2. The summed E-state index contributed by atoms with van der Waals surface area (Å²) in [5.41, 5.74) is 5.12. The molecule has 0 aliphatic heterocycles. The zero-order chi connectivity index (χ0) is 20.1. The van der Waals surface area contributed by atoms with Crippen molar-refractivity contribution in [2.75, 3.05) is 32.6 Å². The number of aromatic nitrogens is 1. The Hall–Kier alpha value is -3.37. The van der Waals surface area contributed by atoms with Crippen LogP contribution in [0.3, 0.4) is 0 Å². The summed E-state index contributed by atoms with van der Waals surface area (Å²) in [5, 5.41) is 4.56. The van der Waals surface area contributed by atoms with Crippen molar-refractivity contribution in [3.8, 4) is 16.9 Å². The fourth-order valence-electron chi connectivity index (χ4n) is 3.31. The predicted octanol–water partition coefficient (Wildman–Crippen LogP) is 5.59. The van der Waals surface area contributed by atoms with Crippen molar-refractivity contribution in [2.24, 2.45) is 0 Å². The van der Waals surface area contributed by atoms with Crippen molar-refractivity contribution < 1.29 is 4.74 Å². The molecule has 0 saturated heterocycles.